The minimum absolute atomic E-state index is 1.26. The molecule has 1 aliphatic rings. The Morgan fingerprint density at radius 2 is 1.58 bits per heavy atom. The molecule has 0 aromatic heterocycles. The van der Waals surface area contributed by atoms with Gasteiger partial charge in [0, 0.05) is 0 Å². The van der Waals surface area contributed by atoms with Crippen LogP contribution >= 0.6 is 0 Å². The first-order valence-corrected chi connectivity index (χ1v) is 4.61. The van der Waals surface area contributed by atoms with Gasteiger partial charge in [-0.2, -0.15) is 0 Å². The van der Waals surface area contributed by atoms with Crippen LogP contribution in [0.2, 0.25) is 0 Å². The zero-order valence-corrected chi connectivity index (χ0v) is 7.66. The van der Waals surface area contributed by atoms with Crippen LogP contribution in [0.5, 0.6) is 0 Å². The van der Waals surface area contributed by atoms with Gasteiger partial charge in [-0.3, -0.25) is 0 Å². The largest absolute Gasteiger partial charge is 0.0871 e. The molecule has 64 valence electrons. The molecule has 0 N–H and O–H groups in total. The highest BCUT2D eigenvalue weighted by Crippen LogP contribution is 2.14. The van der Waals surface area contributed by atoms with E-state index >= 15 is 0 Å². The quantitative estimate of drug-likeness (QED) is 0.584. The normalized spacial score (nSPS) is 13.8. The summed E-state index contributed by atoms with van der Waals surface area (Å²) < 4.78 is 0. The molecule has 0 bridgehead atoms. The maximum atomic E-state index is 2.08. The van der Waals surface area contributed by atoms with E-state index in [-0.39, 0.29) is 0 Å². The number of hydrogen-bond acceptors (Lipinski definition) is 0. The van der Waals surface area contributed by atoms with Crippen molar-refractivity contribution in [1.29, 1.82) is 0 Å². The molecular formula is C12H16. The molecule has 1 aliphatic carbocycles. The van der Waals surface area contributed by atoms with Gasteiger partial charge in [-0.05, 0) is 12.5 Å². The van der Waals surface area contributed by atoms with Gasteiger partial charge in [0.25, 0.3) is 0 Å². The van der Waals surface area contributed by atoms with E-state index < -0.39 is 0 Å². The molecule has 1 aromatic carbocycles. The SMILES string of the molecule is C/C=C/c1ccccc1.C1CC1. The number of benzene rings is 1. The van der Waals surface area contributed by atoms with Crippen molar-refractivity contribution >= 4 is 6.08 Å². The van der Waals surface area contributed by atoms with Crippen molar-refractivity contribution < 1.29 is 0 Å². The number of hydrogen-bond donors (Lipinski definition) is 0. The first-order chi connectivity index (χ1) is 5.93. The van der Waals surface area contributed by atoms with E-state index in [1.165, 1.54) is 24.8 Å². The van der Waals surface area contributed by atoms with Crippen molar-refractivity contribution in [1.82, 2.24) is 0 Å². The van der Waals surface area contributed by atoms with Crippen LogP contribution in [-0.4, -0.2) is 0 Å². The summed E-state index contributed by atoms with van der Waals surface area (Å²) in [5, 5.41) is 0. The van der Waals surface area contributed by atoms with Crippen molar-refractivity contribution in [2.75, 3.05) is 0 Å². The molecule has 0 aliphatic heterocycles. The summed E-state index contributed by atoms with van der Waals surface area (Å²) in [5.74, 6) is 0. The molecule has 0 heteroatoms. The van der Waals surface area contributed by atoms with Crippen LogP contribution in [-0.2, 0) is 0 Å². The standard InChI is InChI=1S/C9H10.C3H6/c1-2-6-9-7-4-3-5-8-9;1-2-3-1/h2-8H,1H3;1-3H2/b6-2+;. The van der Waals surface area contributed by atoms with Gasteiger partial charge in [0.15, 0.2) is 0 Å². The van der Waals surface area contributed by atoms with Gasteiger partial charge in [-0.25, -0.2) is 0 Å². The highest BCUT2D eigenvalue weighted by atomic mass is 14.0. The molecule has 12 heavy (non-hydrogen) atoms. The maximum Gasteiger partial charge on any atom is -0.0260 e. The monoisotopic (exact) mass is 160 g/mol. The predicted octanol–water partition coefficient (Wildman–Crippen LogP) is 3.89. The zero-order chi connectivity index (χ0) is 8.65. The summed E-state index contributed by atoms with van der Waals surface area (Å²) in [6.45, 7) is 2.02. The lowest BCUT2D eigenvalue weighted by Gasteiger charge is -1.86. The first kappa shape index (κ1) is 9.05. The van der Waals surface area contributed by atoms with Gasteiger partial charge in [0.05, 0.1) is 0 Å². The van der Waals surface area contributed by atoms with Gasteiger partial charge >= 0.3 is 0 Å². The highest BCUT2D eigenvalue weighted by Gasteiger charge is 1.95. The molecule has 0 radical (unpaired) electrons. The zero-order valence-electron chi connectivity index (χ0n) is 7.66. The highest BCUT2D eigenvalue weighted by molar-refractivity contribution is 5.47. The van der Waals surface area contributed by atoms with E-state index in [9.17, 15) is 0 Å². The second-order valence-corrected chi connectivity index (χ2v) is 2.97. The molecule has 2 rings (SSSR count). The van der Waals surface area contributed by atoms with Crippen LogP contribution in [0.25, 0.3) is 6.08 Å². The third-order valence-electron chi connectivity index (χ3n) is 1.51. The second-order valence-electron chi connectivity index (χ2n) is 2.97. The van der Waals surface area contributed by atoms with Crippen LogP contribution in [0, 0.1) is 0 Å². The van der Waals surface area contributed by atoms with Gasteiger partial charge in [0.1, 0.15) is 0 Å². The Labute approximate surface area is 74.9 Å². The molecule has 0 amide bonds. The smallest absolute Gasteiger partial charge is 0.0260 e. The minimum Gasteiger partial charge on any atom is -0.0871 e. The fraction of sp³-hybridized carbons (Fsp3) is 0.333. The molecular weight excluding hydrogens is 144 g/mol. The van der Waals surface area contributed by atoms with Crippen molar-refractivity contribution in [3.63, 3.8) is 0 Å². The van der Waals surface area contributed by atoms with Crippen LogP contribution in [0.3, 0.4) is 0 Å². The Morgan fingerprint density at radius 3 is 2.00 bits per heavy atom. The fourth-order valence-corrected chi connectivity index (χ4v) is 0.757. The minimum atomic E-state index is 1.26. The summed E-state index contributed by atoms with van der Waals surface area (Å²) in [6, 6.07) is 10.3. The van der Waals surface area contributed by atoms with Crippen molar-refractivity contribution in [3.05, 3.63) is 42.0 Å². The average molecular weight is 160 g/mol. The van der Waals surface area contributed by atoms with E-state index in [1.807, 2.05) is 31.2 Å². The van der Waals surface area contributed by atoms with E-state index in [2.05, 4.69) is 18.2 Å². The van der Waals surface area contributed by atoms with Crippen LogP contribution < -0.4 is 0 Å². The van der Waals surface area contributed by atoms with Gasteiger partial charge in [0.2, 0.25) is 0 Å². The maximum absolute atomic E-state index is 2.08. The molecule has 1 aromatic rings. The van der Waals surface area contributed by atoms with Crippen molar-refractivity contribution in [2.45, 2.75) is 26.2 Å². The van der Waals surface area contributed by atoms with E-state index in [4.69, 9.17) is 0 Å². The van der Waals surface area contributed by atoms with Crippen molar-refractivity contribution in [3.8, 4) is 0 Å². The Hall–Kier alpha value is -1.04. The van der Waals surface area contributed by atoms with Crippen LogP contribution in [0.15, 0.2) is 36.4 Å². The molecule has 1 fully saturated rings. The van der Waals surface area contributed by atoms with E-state index in [0.29, 0.717) is 0 Å². The Bertz CT molecular complexity index is 216. The van der Waals surface area contributed by atoms with E-state index in [1.54, 1.807) is 0 Å². The topological polar surface area (TPSA) is 0 Å². The molecule has 0 atom stereocenters. The molecule has 1 saturated carbocycles. The number of allylic oxidation sites excluding steroid dienone is 1. The molecule has 0 spiro atoms. The first-order valence-electron chi connectivity index (χ1n) is 4.61. The Kier molecular flexibility index (Phi) is 4.22. The van der Waals surface area contributed by atoms with Gasteiger partial charge < -0.3 is 0 Å². The lowest BCUT2D eigenvalue weighted by atomic mass is 10.2. The molecule has 0 saturated heterocycles. The van der Waals surface area contributed by atoms with Crippen LogP contribution in [0.1, 0.15) is 31.7 Å². The summed E-state index contributed by atoms with van der Waals surface area (Å²) >= 11 is 0. The predicted molar refractivity (Wildman–Crippen MR) is 55.0 cm³/mol. The van der Waals surface area contributed by atoms with Gasteiger partial charge in [-0.15, -0.1) is 0 Å². The lowest BCUT2D eigenvalue weighted by molar-refractivity contribution is 1.50. The van der Waals surface area contributed by atoms with Gasteiger partial charge in [-0.1, -0.05) is 61.7 Å². The molecule has 0 heterocycles. The third kappa shape index (κ3) is 4.73. The Morgan fingerprint density at radius 1 is 1.00 bits per heavy atom. The van der Waals surface area contributed by atoms with E-state index in [0.717, 1.165) is 0 Å². The van der Waals surface area contributed by atoms with Crippen molar-refractivity contribution in [2.24, 2.45) is 0 Å². The van der Waals surface area contributed by atoms with Crippen LogP contribution in [0.4, 0.5) is 0 Å². The molecule has 0 nitrogen and oxygen atoms in total. The second kappa shape index (κ2) is 5.59. The average Bonchev–Trinajstić information content (AvgIpc) is 2.93. The third-order valence-corrected chi connectivity index (χ3v) is 1.51. The fourth-order valence-electron chi connectivity index (χ4n) is 0.757. The summed E-state index contributed by atoms with van der Waals surface area (Å²) in [7, 11) is 0. The number of rotatable bonds is 1. The lowest BCUT2D eigenvalue weighted by Crippen LogP contribution is -1.65. The summed E-state index contributed by atoms with van der Waals surface area (Å²) in [5.41, 5.74) is 1.26. The Balaban J connectivity index is 0.000000200. The summed E-state index contributed by atoms with van der Waals surface area (Å²) in [6.07, 6.45) is 8.62. The summed E-state index contributed by atoms with van der Waals surface area (Å²) in [4.78, 5) is 0. The molecule has 0 unspecified atom stereocenters.